The molecule has 132 valence electrons. The van der Waals surface area contributed by atoms with E-state index in [0.29, 0.717) is 42.7 Å². The summed E-state index contributed by atoms with van der Waals surface area (Å²) < 4.78 is 10.9. The number of thiocarbonyl (C=S) groups is 1. The second-order valence-corrected chi connectivity index (χ2v) is 6.24. The topological polar surface area (TPSA) is 103 Å². The van der Waals surface area contributed by atoms with Crippen LogP contribution in [0.4, 0.5) is 5.95 Å². The molecule has 2 N–H and O–H groups in total. The maximum atomic E-state index is 12.3. The Morgan fingerprint density at radius 1 is 1.32 bits per heavy atom. The number of hydrogen-bond donors (Lipinski definition) is 2. The van der Waals surface area contributed by atoms with Crippen LogP contribution in [0.3, 0.4) is 0 Å². The summed E-state index contributed by atoms with van der Waals surface area (Å²) in [7, 11) is 0. The van der Waals surface area contributed by atoms with Gasteiger partial charge >= 0.3 is 0 Å². The number of carbonyl (C=O) groups excluding carboxylic acids is 1. The molecule has 3 rings (SSSR count). The zero-order chi connectivity index (χ0) is 17.8. The number of fused-ring (bicyclic) bond motifs is 1. The van der Waals surface area contributed by atoms with Crippen molar-refractivity contribution in [3.05, 3.63) is 23.8 Å². The summed E-state index contributed by atoms with van der Waals surface area (Å²) in [6, 6.07) is 4.95. The van der Waals surface area contributed by atoms with Gasteiger partial charge in [0.15, 0.2) is 16.6 Å². The first kappa shape index (κ1) is 17.1. The van der Waals surface area contributed by atoms with Crippen molar-refractivity contribution in [1.82, 2.24) is 25.5 Å². The predicted octanol–water partition coefficient (Wildman–Crippen LogP) is 1.23. The molecule has 9 nitrogen and oxygen atoms in total. The van der Waals surface area contributed by atoms with Gasteiger partial charge in [-0.05, 0) is 41.5 Å². The van der Waals surface area contributed by atoms with Crippen molar-refractivity contribution in [3.8, 4) is 11.5 Å². The van der Waals surface area contributed by atoms with Crippen LogP contribution in [-0.2, 0) is 6.54 Å². The van der Waals surface area contributed by atoms with Gasteiger partial charge in [0.2, 0.25) is 0 Å². The lowest BCUT2D eigenvalue weighted by molar-refractivity contribution is 0.0976. The first-order valence-corrected chi connectivity index (χ1v) is 8.22. The molecule has 25 heavy (non-hydrogen) atoms. The Morgan fingerprint density at radius 3 is 2.84 bits per heavy atom. The standard InChI is InChI=1S/C15H18N6O3S/c1-9(2)8-21-19-14(18-20-21)17-15(25)16-13(22)10-3-4-11-12(7-10)24-6-5-23-11/h3-4,7,9H,5-6,8H2,1-2H3,(H2,16,17,19,22,25). The average Bonchev–Trinajstić information content (AvgIpc) is 3.00. The van der Waals surface area contributed by atoms with E-state index >= 15 is 0 Å². The Balaban J connectivity index is 1.59. The molecule has 0 saturated carbocycles. The summed E-state index contributed by atoms with van der Waals surface area (Å²) in [5.74, 6) is 1.41. The molecule has 10 heteroatoms. The van der Waals surface area contributed by atoms with Crippen LogP contribution >= 0.6 is 12.2 Å². The quantitative estimate of drug-likeness (QED) is 0.783. The van der Waals surface area contributed by atoms with Crippen LogP contribution in [0.25, 0.3) is 0 Å². The van der Waals surface area contributed by atoms with Gasteiger partial charge in [-0.15, -0.1) is 5.10 Å². The lowest BCUT2D eigenvalue weighted by atomic mass is 10.2. The van der Waals surface area contributed by atoms with Crippen molar-refractivity contribution in [2.45, 2.75) is 20.4 Å². The number of carbonyl (C=O) groups is 1. The van der Waals surface area contributed by atoms with Crippen LogP contribution in [0.5, 0.6) is 11.5 Å². The second kappa shape index (κ2) is 7.43. The van der Waals surface area contributed by atoms with E-state index in [-0.39, 0.29) is 17.0 Å². The Labute approximate surface area is 149 Å². The van der Waals surface area contributed by atoms with Crippen LogP contribution in [0.2, 0.25) is 0 Å². The van der Waals surface area contributed by atoms with Gasteiger partial charge in [-0.1, -0.05) is 18.9 Å². The highest BCUT2D eigenvalue weighted by Gasteiger charge is 2.16. The fraction of sp³-hybridized carbons (Fsp3) is 0.400. The Bertz CT molecular complexity index is 791. The molecule has 2 aromatic rings. The second-order valence-electron chi connectivity index (χ2n) is 5.83. The highest BCUT2D eigenvalue weighted by atomic mass is 32.1. The zero-order valence-corrected chi connectivity index (χ0v) is 14.7. The SMILES string of the molecule is CC(C)Cn1nnc(NC(=S)NC(=O)c2ccc3c(c2)OCCO3)n1. The Kier molecular flexibility index (Phi) is 5.08. The van der Waals surface area contributed by atoms with E-state index in [1.807, 2.05) is 0 Å². The molecule has 0 aliphatic carbocycles. The zero-order valence-electron chi connectivity index (χ0n) is 13.9. The fourth-order valence-corrected chi connectivity index (χ4v) is 2.37. The van der Waals surface area contributed by atoms with Crippen LogP contribution in [0.1, 0.15) is 24.2 Å². The van der Waals surface area contributed by atoms with E-state index in [1.54, 1.807) is 18.2 Å². The molecular formula is C15H18N6O3S. The van der Waals surface area contributed by atoms with Crippen LogP contribution in [-0.4, -0.2) is 44.4 Å². The predicted molar refractivity (Wildman–Crippen MR) is 93.8 cm³/mol. The van der Waals surface area contributed by atoms with Gasteiger partial charge in [0, 0.05) is 5.56 Å². The van der Waals surface area contributed by atoms with Crippen molar-refractivity contribution < 1.29 is 14.3 Å². The van der Waals surface area contributed by atoms with E-state index in [0.717, 1.165) is 0 Å². The molecule has 1 aliphatic heterocycles. The molecule has 0 unspecified atom stereocenters. The Morgan fingerprint density at radius 2 is 2.08 bits per heavy atom. The third-order valence-corrected chi connectivity index (χ3v) is 3.44. The lowest BCUT2D eigenvalue weighted by Gasteiger charge is -2.18. The number of amides is 1. The van der Waals surface area contributed by atoms with Crippen molar-refractivity contribution in [2.24, 2.45) is 5.92 Å². The van der Waals surface area contributed by atoms with Crippen LogP contribution in [0, 0.1) is 5.92 Å². The summed E-state index contributed by atoms with van der Waals surface area (Å²) in [5.41, 5.74) is 0.407. The van der Waals surface area contributed by atoms with Crippen LogP contribution < -0.4 is 20.1 Å². The van der Waals surface area contributed by atoms with Crippen LogP contribution in [0.15, 0.2) is 18.2 Å². The molecule has 0 fully saturated rings. The van der Waals surface area contributed by atoms with Gasteiger partial charge < -0.3 is 9.47 Å². The van der Waals surface area contributed by atoms with Gasteiger partial charge in [-0.2, -0.15) is 4.80 Å². The molecule has 2 heterocycles. The first-order chi connectivity index (χ1) is 12.0. The first-order valence-electron chi connectivity index (χ1n) is 7.81. The van der Waals surface area contributed by atoms with Gasteiger partial charge in [-0.3, -0.25) is 15.4 Å². The van der Waals surface area contributed by atoms with E-state index in [1.165, 1.54) is 4.80 Å². The molecule has 0 bridgehead atoms. The maximum absolute atomic E-state index is 12.3. The number of ether oxygens (including phenoxy) is 2. The summed E-state index contributed by atoms with van der Waals surface area (Å²) >= 11 is 5.11. The van der Waals surface area contributed by atoms with Gasteiger partial charge in [-0.25, -0.2) is 0 Å². The minimum absolute atomic E-state index is 0.0870. The normalized spacial score (nSPS) is 12.8. The third kappa shape index (κ3) is 4.41. The molecule has 0 spiro atoms. The molecule has 1 aromatic carbocycles. The van der Waals surface area contributed by atoms with Gasteiger partial charge in [0.25, 0.3) is 11.9 Å². The summed E-state index contributed by atoms with van der Waals surface area (Å²) in [6.07, 6.45) is 0. The molecule has 0 saturated heterocycles. The number of benzene rings is 1. The number of nitrogens with one attached hydrogen (secondary N) is 2. The van der Waals surface area contributed by atoms with E-state index < -0.39 is 0 Å². The van der Waals surface area contributed by atoms with Crippen molar-refractivity contribution in [3.63, 3.8) is 0 Å². The van der Waals surface area contributed by atoms with Crippen molar-refractivity contribution in [1.29, 1.82) is 0 Å². The minimum atomic E-state index is -0.371. The number of anilines is 1. The van der Waals surface area contributed by atoms with E-state index in [2.05, 4.69) is 39.9 Å². The Hall–Kier alpha value is -2.75. The number of hydrogen-bond acceptors (Lipinski definition) is 7. The highest BCUT2D eigenvalue weighted by molar-refractivity contribution is 7.80. The molecular weight excluding hydrogens is 344 g/mol. The van der Waals surface area contributed by atoms with Gasteiger partial charge in [0.1, 0.15) is 13.2 Å². The fourth-order valence-electron chi connectivity index (χ4n) is 2.19. The number of rotatable bonds is 4. The summed E-state index contributed by atoms with van der Waals surface area (Å²) in [6.45, 7) is 5.70. The van der Waals surface area contributed by atoms with Crippen molar-refractivity contribution >= 4 is 29.2 Å². The van der Waals surface area contributed by atoms with Gasteiger partial charge in [0.05, 0.1) is 6.54 Å². The molecule has 1 amide bonds. The molecule has 0 atom stereocenters. The number of aromatic nitrogens is 4. The third-order valence-electron chi connectivity index (χ3n) is 3.24. The minimum Gasteiger partial charge on any atom is -0.486 e. The van der Waals surface area contributed by atoms with E-state index in [9.17, 15) is 4.79 Å². The maximum Gasteiger partial charge on any atom is 0.269 e. The number of nitrogens with zero attached hydrogens (tertiary/aromatic N) is 4. The average molecular weight is 362 g/mol. The monoisotopic (exact) mass is 362 g/mol. The molecule has 1 aliphatic rings. The summed E-state index contributed by atoms with van der Waals surface area (Å²) in [5, 5.41) is 17.3. The molecule has 1 aromatic heterocycles. The largest absolute Gasteiger partial charge is 0.486 e. The molecule has 0 radical (unpaired) electrons. The highest BCUT2D eigenvalue weighted by Crippen LogP contribution is 2.30. The number of tetrazole rings is 1. The van der Waals surface area contributed by atoms with Crippen molar-refractivity contribution in [2.75, 3.05) is 18.5 Å². The smallest absolute Gasteiger partial charge is 0.269 e. The lowest BCUT2D eigenvalue weighted by Crippen LogP contribution is -2.34. The summed E-state index contributed by atoms with van der Waals surface area (Å²) in [4.78, 5) is 13.8. The van der Waals surface area contributed by atoms with E-state index in [4.69, 9.17) is 21.7 Å².